The Bertz CT molecular complexity index is 1400. The Morgan fingerprint density at radius 1 is 0.870 bits per heavy atom. The standard InChI is InChI=1S/C36H50N4O6/c1-23(2)20-28(39-34(44)46-36(8,9)10)32(42)40(19-18-37)30(27-17-16-24(3)21-25(27)4)31(41)38-29(33(43)45-35(5,6)7)22-26-14-12-11-13-15-26/h11-17,21,23,28-30H,19-20,22H2,1-10H3,(H,38,41)(H,39,44). The van der Waals surface area contributed by atoms with E-state index in [4.69, 9.17) is 9.47 Å². The number of carbonyl (C=O) groups is 4. The second kappa shape index (κ2) is 16.3. The fourth-order valence-electron chi connectivity index (χ4n) is 4.97. The third kappa shape index (κ3) is 12.2. The van der Waals surface area contributed by atoms with E-state index in [1.165, 1.54) is 0 Å². The number of nitriles is 1. The van der Waals surface area contributed by atoms with Crippen molar-refractivity contribution in [3.8, 4) is 6.07 Å². The number of hydrogen-bond donors (Lipinski definition) is 2. The lowest BCUT2D eigenvalue weighted by atomic mass is 9.95. The van der Waals surface area contributed by atoms with Crippen LogP contribution in [-0.2, 0) is 30.3 Å². The van der Waals surface area contributed by atoms with Gasteiger partial charge in [-0.2, -0.15) is 5.26 Å². The third-order valence-electron chi connectivity index (χ3n) is 6.79. The first-order chi connectivity index (χ1) is 21.3. The van der Waals surface area contributed by atoms with E-state index >= 15 is 0 Å². The highest BCUT2D eigenvalue weighted by Gasteiger charge is 2.39. The molecule has 0 aliphatic heterocycles. The molecule has 0 saturated heterocycles. The fourth-order valence-corrected chi connectivity index (χ4v) is 4.97. The van der Waals surface area contributed by atoms with Crippen LogP contribution >= 0.6 is 0 Å². The van der Waals surface area contributed by atoms with E-state index in [1.807, 2.05) is 76.2 Å². The van der Waals surface area contributed by atoms with Gasteiger partial charge in [0, 0.05) is 6.42 Å². The molecule has 0 aromatic heterocycles. The van der Waals surface area contributed by atoms with Crippen LogP contribution in [0.15, 0.2) is 48.5 Å². The van der Waals surface area contributed by atoms with Crippen LogP contribution in [0, 0.1) is 31.1 Å². The number of nitrogens with zero attached hydrogens (tertiary/aromatic N) is 2. The molecule has 46 heavy (non-hydrogen) atoms. The summed E-state index contributed by atoms with van der Waals surface area (Å²) >= 11 is 0. The van der Waals surface area contributed by atoms with Gasteiger partial charge < -0.3 is 25.0 Å². The molecular weight excluding hydrogens is 584 g/mol. The van der Waals surface area contributed by atoms with Crippen LogP contribution in [0.5, 0.6) is 0 Å². The van der Waals surface area contributed by atoms with E-state index in [0.717, 1.165) is 16.0 Å². The number of hydrogen-bond acceptors (Lipinski definition) is 7. The number of benzene rings is 2. The molecule has 2 aromatic rings. The van der Waals surface area contributed by atoms with Crippen molar-refractivity contribution in [3.63, 3.8) is 0 Å². The number of ether oxygens (including phenoxy) is 2. The molecule has 0 heterocycles. The molecule has 250 valence electrons. The first-order valence-electron chi connectivity index (χ1n) is 15.6. The van der Waals surface area contributed by atoms with E-state index in [2.05, 4.69) is 10.6 Å². The summed E-state index contributed by atoms with van der Waals surface area (Å²) in [6.07, 6.45) is -0.414. The average molecular weight is 635 g/mol. The molecular formula is C36H50N4O6. The lowest BCUT2D eigenvalue weighted by molar-refractivity contribution is -0.159. The molecule has 3 atom stereocenters. The van der Waals surface area contributed by atoms with Gasteiger partial charge in [0.2, 0.25) is 11.8 Å². The van der Waals surface area contributed by atoms with Gasteiger partial charge in [-0.05, 0) is 84.4 Å². The fraction of sp³-hybridized carbons (Fsp3) is 0.528. The van der Waals surface area contributed by atoms with Crippen molar-refractivity contribution in [3.05, 3.63) is 70.8 Å². The quantitative estimate of drug-likeness (QED) is 0.226. The number of carbonyl (C=O) groups excluding carboxylic acids is 4. The summed E-state index contributed by atoms with van der Waals surface area (Å²) in [5.74, 6) is -1.95. The van der Waals surface area contributed by atoms with E-state index in [-0.39, 0.29) is 18.8 Å². The summed E-state index contributed by atoms with van der Waals surface area (Å²) in [4.78, 5) is 56.1. The van der Waals surface area contributed by atoms with Gasteiger partial charge in [-0.3, -0.25) is 9.59 Å². The average Bonchev–Trinajstić information content (AvgIpc) is 2.91. The largest absolute Gasteiger partial charge is 0.458 e. The van der Waals surface area contributed by atoms with Crippen LogP contribution in [0.25, 0.3) is 0 Å². The number of alkyl carbamates (subject to hydrolysis) is 1. The molecule has 0 radical (unpaired) electrons. The van der Waals surface area contributed by atoms with Gasteiger partial charge in [0.1, 0.15) is 35.9 Å². The molecule has 0 bridgehead atoms. The zero-order valence-corrected chi connectivity index (χ0v) is 28.9. The Labute approximate surface area is 273 Å². The Kier molecular flexibility index (Phi) is 13.4. The number of nitrogens with one attached hydrogen (secondary N) is 2. The van der Waals surface area contributed by atoms with Crippen molar-refractivity contribution in [1.82, 2.24) is 15.5 Å². The second-order valence-corrected chi connectivity index (χ2v) is 14.0. The molecule has 3 unspecified atom stereocenters. The summed E-state index contributed by atoms with van der Waals surface area (Å²) < 4.78 is 11.1. The van der Waals surface area contributed by atoms with Crippen molar-refractivity contribution in [1.29, 1.82) is 5.26 Å². The molecule has 0 saturated carbocycles. The molecule has 0 aliphatic carbocycles. The van der Waals surface area contributed by atoms with Gasteiger partial charge in [0.05, 0.1) is 6.07 Å². The molecule has 0 fully saturated rings. The number of amides is 3. The predicted molar refractivity (Wildman–Crippen MR) is 177 cm³/mol. The highest BCUT2D eigenvalue weighted by molar-refractivity contribution is 5.94. The maximum absolute atomic E-state index is 14.4. The van der Waals surface area contributed by atoms with Crippen LogP contribution in [0.3, 0.4) is 0 Å². The predicted octanol–water partition coefficient (Wildman–Crippen LogP) is 5.71. The molecule has 2 rings (SSSR count). The highest BCUT2D eigenvalue weighted by Crippen LogP contribution is 2.28. The summed E-state index contributed by atoms with van der Waals surface area (Å²) in [5, 5.41) is 15.4. The Balaban J connectivity index is 2.63. The summed E-state index contributed by atoms with van der Waals surface area (Å²) in [6, 6.07) is 13.2. The first-order valence-corrected chi connectivity index (χ1v) is 15.6. The molecule has 2 N–H and O–H groups in total. The molecule has 0 spiro atoms. The lowest BCUT2D eigenvalue weighted by Crippen LogP contribution is -2.55. The van der Waals surface area contributed by atoms with Crippen molar-refractivity contribution in [2.75, 3.05) is 6.54 Å². The van der Waals surface area contributed by atoms with Crippen LogP contribution in [-0.4, -0.2) is 58.6 Å². The van der Waals surface area contributed by atoms with Gasteiger partial charge in [0.25, 0.3) is 0 Å². The topological polar surface area (TPSA) is 138 Å². The van der Waals surface area contributed by atoms with Gasteiger partial charge in [-0.1, -0.05) is 67.9 Å². The number of rotatable bonds is 12. The third-order valence-corrected chi connectivity index (χ3v) is 6.79. The van der Waals surface area contributed by atoms with E-state index in [1.54, 1.807) is 47.6 Å². The smallest absolute Gasteiger partial charge is 0.408 e. The van der Waals surface area contributed by atoms with Crippen LogP contribution in [0.4, 0.5) is 4.79 Å². The maximum atomic E-state index is 14.4. The zero-order valence-electron chi connectivity index (χ0n) is 28.9. The van der Waals surface area contributed by atoms with Crippen molar-refractivity contribution >= 4 is 23.9 Å². The molecule has 10 heteroatoms. The minimum Gasteiger partial charge on any atom is -0.458 e. The van der Waals surface area contributed by atoms with E-state index in [9.17, 15) is 24.4 Å². The zero-order chi connectivity index (χ0) is 34.8. The van der Waals surface area contributed by atoms with Crippen LogP contribution < -0.4 is 10.6 Å². The van der Waals surface area contributed by atoms with Gasteiger partial charge in [0.15, 0.2) is 0 Å². The summed E-state index contributed by atoms with van der Waals surface area (Å²) in [5.41, 5.74) is 1.31. The molecule has 0 aliphatic rings. The molecule has 10 nitrogen and oxygen atoms in total. The molecule has 3 amide bonds. The van der Waals surface area contributed by atoms with Gasteiger partial charge in [-0.25, -0.2) is 9.59 Å². The number of esters is 1. The number of aryl methyl sites for hydroxylation is 2. The highest BCUT2D eigenvalue weighted by atomic mass is 16.6. The lowest BCUT2D eigenvalue weighted by Gasteiger charge is -2.35. The first kappa shape index (κ1) is 37.8. The summed E-state index contributed by atoms with van der Waals surface area (Å²) in [7, 11) is 0. The summed E-state index contributed by atoms with van der Waals surface area (Å²) in [6.45, 7) is 17.4. The Morgan fingerprint density at radius 2 is 1.48 bits per heavy atom. The minimum absolute atomic E-state index is 0.0244. The van der Waals surface area contributed by atoms with Gasteiger partial charge >= 0.3 is 12.1 Å². The Hall–Kier alpha value is -4.39. The van der Waals surface area contributed by atoms with Crippen molar-refractivity contribution < 1.29 is 28.7 Å². The SMILES string of the molecule is Cc1ccc(C(C(=O)NC(Cc2ccccc2)C(=O)OC(C)(C)C)N(CC#N)C(=O)C(CC(C)C)NC(=O)OC(C)(C)C)c(C)c1. The van der Waals surface area contributed by atoms with Crippen molar-refractivity contribution in [2.45, 2.75) is 111 Å². The van der Waals surface area contributed by atoms with Crippen LogP contribution in [0.2, 0.25) is 0 Å². The van der Waals surface area contributed by atoms with E-state index < -0.39 is 59.7 Å². The van der Waals surface area contributed by atoms with Crippen molar-refractivity contribution in [2.24, 2.45) is 5.92 Å². The molecule has 2 aromatic carbocycles. The van der Waals surface area contributed by atoms with Crippen LogP contribution in [0.1, 0.15) is 90.1 Å². The normalized spacial score (nSPS) is 13.5. The van der Waals surface area contributed by atoms with E-state index in [0.29, 0.717) is 11.1 Å². The maximum Gasteiger partial charge on any atom is 0.408 e. The Morgan fingerprint density at radius 3 is 2.00 bits per heavy atom. The monoisotopic (exact) mass is 634 g/mol. The second-order valence-electron chi connectivity index (χ2n) is 14.0. The minimum atomic E-state index is -1.30. The van der Waals surface area contributed by atoms with Gasteiger partial charge in [-0.15, -0.1) is 0 Å².